The first-order valence-corrected chi connectivity index (χ1v) is 8.46. The summed E-state index contributed by atoms with van der Waals surface area (Å²) >= 11 is 6.08. The minimum Gasteiger partial charge on any atom is -0.461 e. The van der Waals surface area contributed by atoms with Crippen LogP contribution >= 0.6 is 11.6 Å². The molecule has 1 fully saturated rings. The summed E-state index contributed by atoms with van der Waals surface area (Å²) in [4.78, 5) is 23.1. The van der Waals surface area contributed by atoms with Crippen molar-refractivity contribution in [2.45, 2.75) is 26.2 Å². The maximum Gasteiger partial charge on any atom is 0.248 e. The molecule has 0 spiro atoms. The Morgan fingerprint density at radius 3 is 2.64 bits per heavy atom. The average molecular weight is 359 g/mol. The van der Waals surface area contributed by atoms with E-state index in [-0.39, 0.29) is 11.8 Å². The highest BCUT2D eigenvalue weighted by molar-refractivity contribution is 6.34. The molecule has 5 nitrogen and oxygen atoms in total. The quantitative estimate of drug-likeness (QED) is 0.763. The van der Waals surface area contributed by atoms with Crippen molar-refractivity contribution in [1.29, 1.82) is 0 Å². The van der Waals surface area contributed by atoms with Gasteiger partial charge < -0.3 is 15.1 Å². The minimum atomic E-state index is -0.291. The first-order chi connectivity index (χ1) is 11.9. The molecule has 3 rings (SSSR count). The van der Waals surface area contributed by atoms with E-state index in [4.69, 9.17) is 16.0 Å². The van der Waals surface area contributed by atoms with E-state index < -0.39 is 0 Å². The number of furan rings is 1. The Balaban J connectivity index is 1.59. The third-order valence-electron chi connectivity index (χ3n) is 4.07. The lowest BCUT2D eigenvalue weighted by Crippen LogP contribution is -2.09. The molecule has 2 atom stereocenters. The predicted molar refractivity (Wildman–Crippen MR) is 98.6 cm³/mol. The van der Waals surface area contributed by atoms with Gasteiger partial charge in [-0.2, -0.15) is 0 Å². The van der Waals surface area contributed by atoms with Crippen molar-refractivity contribution in [3.8, 4) is 0 Å². The third-order valence-corrected chi connectivity index (χ3v) is 4.38. The van der Waals surface area contributed by atoms with Crippen molar-refractivity contribution in [2.24, 2.45) is 5.92 Å². The van der Waals surface area contributed by atoms with Crippen LogP contribution < -0.4 is 10.6 Å². The van der Waals surface area contributed by atoms with Gasteiger partial charge in [0.25, 0.3) is 0 Å². The van der Waals surface area contributed by atoms with Crippen LogP contribution in [0.4, 0.5) is 11.4 Å². The molecule has 0 aliphatic heterocycles. The Morgan fingerprint density at radius 2 is 2.00 bits per heavy atom. The van der Waals surface area contributed by atoms with Crippen molar-refractivity contribution in [3.63, 3.8) is 0 Å². The molecule has 0 bridgehead atoms. The molecule has 0 radical (unpaired) electrons. The second kappa shape index (κ2) is 7.15. The summed E-state index contributed by atoms with van der Waals surface area (Å²) in [6.07, 6.45) is 4.21. The second-order valence-electron chi connectivity index (χ2n) is 6.26. The van der Waals surface area contributed by atoms with Gasteiger partial charge in [0.2, 0.25) is 11.8 Å². The molecular weight excluding hydrogens is 340 g/mol. The van der Waals surface area contributed by atoms with Crippen molar-refractivity contribution in [3.05, 3.63) is 53.0 Å². The van der Waals surface area contributed by atoms with E-state index in [2.05, 4.69) is 17.6 Å². The molecule has 1 aromatic carbocycles. The van der Waals surface area contributed by atoms with Crippen molar-refractivity contribution in [1.82, 2.24) is 0 Å². The van der Waals surface area contributed by atoms with Crippen LogP contribution in [0.3, 0.4) is 0 Å². The fourth-order valence-corrected chi connectivity index (χ4v) is 2.83. The topological polar surface area (TPSA) is 71.3 Å². The number of anilines is 2. The molecule has 1 aliphatic carbocycles. The van der Waals surface area contributed by atoms with Crippen LogP contribution in [0.5, 0.6) is 0 Å². The van der Waals surface area contributed by atoms with Gasteiger partial charge in [0.05, 0.1) is 10.7 Å². The maximum absolute atomic E-state index is 12.0. The van der Waals surface area contributed by atoms with Gasteiger partial charge in [0.1, 0.15) is 11.5 Å². The smallest absolute Gasteiger partial charge is 0.248 e. The van der Waals surface area contributed by atoms with Crippen LogP contribution in [-0.4, -0.2) is 11.8 Å². The molecule has 2 unspecified atom stereocenters. The van der Waals surface area contributed by atoms with Crippen LogP contribution in [-0.2, 0) is 9.59 Å². The largest absolute Gasteiger partial charge is 0.461 e. The highest BCUT2D eigenvalue weighted by Crippen LogP contribution is 2.47. The van der Waals surface area contributed by atoms with E-state index in [0.29, 0.717) is 34.0 Å². The zero-order valence-corrected chi connectivity index (χ0v) is 14.8. The minimum absolute atomic E-state index is 0.208. The molecule has 6 heteroatoms. The van der Waals surface area contributed by atoms with Gasteiger partial charge in [0, 0.05) is 24.6 Å². The Hall–Kier alpha value is -2.53. The summed E-state index contributed by atoms with van der Waals surface area (Å²) in [7, 11) is 0. The number of carbonyl (C=O) groups excluding carboxylic acids is 2. The first kappa shape index (κ1) is 17.3. The number of halogens is 1. The van der Waals surface area contributed by atoms with Crippen LogP contribution in [0.2, 0.25) is 5.02 Å². The van der Waals surface area contributed by atoms with Gasteiger partial charge in [-0.05, 0) is 48.7 Å². The summed E-state index contributed by atoms with van der Waals surface area (Å²) in [5.41, 5.74) is 1.04. The third kappa shape index (κ3) is 4.51. The number of nitrogens with one attached hydrogen (secondary N) is 2. The Bertz CT molecular complexity index is 841. The number of benzene rings is 1. The van der Waals surface area contributed by atoms with Gasteiger partial charge in [0.15, 0.2) is 0 Å². The summed E-state index contributed by atoms with van der Waals surface area (Å²) in [5.74, 6) is 2.33. The molecule has 1 aliphatic rings. The predicted octanol–water partition coefficient (Wildman–Crippen LogP) is 4.67. The number of rotatable bonds is 5. The molecule has 0 saturated heterocycles. The molecule has 1 aromatic heterocycles. The van der Waals surface area contributed by atoms with Gasteiger partial charge >= 0.3 is 0 Å². The lowest BCUT2D eigenvalue weighted by Gasteiger charge is -2.07. The number of hydrogen-bond donors (Lipinski definition) is 2. The van der Waals surface area contributed by atoms with Crippen LogP contribution in [0.1, 0.15) is 37.7 Å². The lowest BCUT2D eigenvalue weighted by atomic mass is 10.2. The van der Waals surface area contributed by atoms with Gasteiger partial charge in [-0.3, -0.25) is 9.59 Å². The normalized spacial score (nSPS) is 19.0. The zero-order valence-electron chi connectivity index (χ0n) is 14.0. The molecule has 25 heavy (non-hydrogen) atoms. The van der Waals surface area contributed by atoms with Crippen LogP contribution in [0, 0.1) is 5.92 Å². The van der Waals surface area contributed by atoms with E-state index in [1.165, 1.54) is 13.0 Å². The summed E-state index contributed by atoms with van der Waals surface area (Å²) < 4.78 is 5.72. The van der Waals surface area contributed by atoms with Gasteiger partial charge in [-0.15, -0.1) is 0 Å². The molecule has 2 N–H and O–H groups in total. The number of carbonyl (C=O) groups is 2. The molecule has 130 valence electrons. The molecule has 2 amide bonds. The lowest BCUT2D eigenvalue weighted by molar-refractivity contribution is -0.114. The summed E-state index contributed by atoms with van der Waals surface area (Å²) in [6, 6.07) is 8.72. The second-order valence-corrected chi connectivity index (χ2v) is 6.67. The van der Waals surface area contributed by atoms with Gasteiger partial charge in [-0.1, -0.05) is 18.5 Å². The van der Waals surface area contributed by atoms with Crippen LogP contribution in [0.15, 0.2) is 40.8 Å². The zero-order chi connectivity index (χ0) is 18.0. The number of hydrogen-bond acceptors (Lipinski definition) is 3. The fraction of sp³-hybridized carbons (Fsp3) is 0.263. The molecule has 1 heterocycles. The van der Waals surface area contributed by atoms with E-state index in [9.17, 15) is 9.59 Å². The average Bonchev–Trinajstić information content (AvgIpc) is 3.08. The van der Waals surface area contributed by atoms with E-state index >= 15 is 0 Å². The first-order valence-electron chi connectivity index (χ1n) is 8.08. The van der Waals surface area contributed by atoms with Crippen molar-refractivity contribution >= 4 is 40.9 Å². The Morgan fingerprint density at radius 1 is 1.24 bits per heavy atom. The molecule has 1 saturated carbocycles. The summed E-state index contributed by atoms with van der Waals surface area (Å²) in [5, 5.41) is 5.68. The van der Waals surface area contributed by atoms with E-state index in [0.717, 1.165) is 12.2 Å². The van der Waals surface area contributed by atoms with E-state index in [1.54, 1.807) is 24.3 Å². The SMILES string of the molecule is CC(=O)Nc1ccc(NC(=O)/C=C/c2ccc(C3CC3C)o2)cc1Cl. The molecule has 2 aromatic rings. The Kier molecular flexibility index (Phi) is 4.95. The molecular formula is C19H19ClN2O3. The van der Waals surface area contributed by atoms with E-state index in [1.807, 2.05) is 12.1 Å². The summed E-state index contributed by atoms with van der Waals surface area (Å²) in [6.45, 7) is 3.60. The standard InChI is InChI=1S/C19H19ClN2O3/c1-11-9-15(11)18-7-4-14(25-18)5-8-19(24)22-13-3-6-17(16(20)10-13)21-12(2)23/h3-8,10-11,15H,9H2,1-2H3,(H,21,23)(H,22,24)/b8-5+. The highest BCUT2D eigenvalue weighted by atomic mass is 35.5. The van der Waals surface area contributed by atoms with Crippen LogP contribution in [0.25, 0.3) is 6.08 Å². The number of amides is 2. The maximum atomic E-state index is 12.0. The van der Waals surface area contributed by atoms with Crippen molar-refractivity contribution in [2.75, 3.05) is 10.6 Å². The van der Waals surface area contributed by atoms with Crippen molar-refractivity contribution < 1.29 is 14.0 Å². The van der Waals surface area contributed by atoms with Gasteiger partial charge in [-0.25, -0.2) is 0 Å². The fourth-order valence-electron chi connectivity index (χ4n) is 2.60. The Labute approximate surface area is 151 Å². The highest BCUT2D eigenvalue weighted by Gasteiger charge is 2.36. The monoisotopic (exact) mass is 358 g/mol.